The van der Waals surface area contributed by atoms with E-state index in [1.807, 2.05) is 0 Å². The molecule has 0 spiro atoms. The zero-order valence-electron chi connectivity index (χ0n) is 9.79. The maximum Gasteiger partial charge on any atom is 0.381 e. The van der Waals surface area contributed by atoms with Gasteiger partial charge in [-0.3, -0.25) is 0 Å². The predicted octanol–water partition coefficient (Wildman–Crippen LogP) is 0.925. The predicted molar refractivity (Wildman–Crippen MR) is 62.6 cm³/mol. The first-order valence-electron chi connectivity index (χ1n) is 5.24. The second-order valence-electron chi connectivity index (χ2n) is 3.75. The van der Waals surface area contributed by atoms with Crippen molar-refractivity contribution in [3.63, 3.8) is 0 Å². The van der Waals surface area contributed by atoms with Crippen LogP contribution in [-0.2, 0) is 16.4 Å². The Bertz CT molecular complexity index is 506. The maximum atomic E-state index is 11.5. The molecule has 7 nitrogen and oxygen atoms in total. The summed E-state index contributed by atoms with van der Waals surface area (Å²) >= 11 is 0. The highest BCUT2D eigenvalue weighted by atomic mass is 32.2. The molecule has 1 rings (SSSR count). The fourth-order valence-electron chi connectivity index (χ4n) is 1.46. The molecule has 1 aromatic heterocycles. The molecule has 0 bridgehead atoms. The second kappa shape index (κ2) is 5.26. The molecule has 0 N–H and O–H groups in total. The molecule has 0 radical (unpaired) electrons. The normalized spacial score (nSPS) is 11.6. The Hall–Kier alpha value is -1.44. The number of imidazole rings is 1. The number of hydrogen-bond donors (Lipinski definition) is 0. The van der Waals surface area contributed by atoms with Gasteiger partial charge in [0.05, 0.1) is 5.75 Å². The third kappa shape index (κ3) is 3.81. The van der Waals surface area contributed by atoms with Gasteiger partial charge in [-0.2, -0.15) is 0 Å². The summed E-state index contributed by atoms with van der Waals surface area (Å²) < 4.78 is 24.5. The van der Waals surface area contributed by atoms with Gasteiger partial charge in [-0.15, -0.1) is 0 Å². The van der Waals surface area contributed by atoms with Gasteiger partial charge in [0.15, 0.2) is 9.84 Å². The van der Waals surface area contributed by atoms with Gasteiger partial charge in [0.25, 0.3) is 0 Å². The first kappa shape index (κ1) is 13.6. The average molecular weight is 261 g/mol. The van der Waals surface area contributed by atoms with E-state index >= 15 is 0 Å². The van der Waals surface area contributed by atoms with Gasteiger partial charge in [0.1, 0.15) is 6.20 Å². The lowest BCUT2D eigenvalue weighted by atomic mass is 10.6. The molecule has 0 aliphatic heterocycles. The van der Waals surface area contributed by atoms with E-state index in [-0.39, 0.29) is 23.9 Å². The smallest absolute Gasteiger partial charge is 0.358 e. The summed E-state index contributed by atoms with van der Waals surface area (Å²) in [5, 5.41) is 10.5. The minimum atomic E-state index is -3.08. The van der Waals surface area contributed by atoms with E-state index in [0.717, 1.165) is 0 Å². The van der Waals surface area contributed by atoms with Gasteiger partial charge >= 0.3 is 5.82 Å². The van der Waals surface area contributed by atoms with E-state index < -0.39 is 14.8 Å². The van der Waals surface area contributed by atoms with E-state index in [9.17, 15) is 18.5 Å². The average Bonchev–Trinajstić information content (AvgIpc) is 2.57. The summed E-state index contributed by atoms with van der Waals surface area (Å²) in [4.78, 5) is 13.6. The number of rotatable bonds is 6. The summed E-state index contributed by atoms with van der Waals surface area (Å²) in [5.41, 5.74) is 0. The van der Waals surface area contributed by atoms with Crippen molar-refractivity contribution >= 4 is 15.7 Å². The van der Waals surface area contributed by atoms with Crippen molar-refractivity contribution in [1.82, 2.24) is 9.55 Å². The van der Waals surface area contributed by atoms with Crippen LogP contribution in [0.3, 0.4) is 0 Å². The largest absolute Gasteiger partial charge is 0.381 e. The molecule has 0 aliphatic rings. The lowest BCUT2D eigenvalue weighted by Gasteiger charge is -2.03. The lowest BCUT2D eigenvalue weighted by Crippen LogP contribution is -2.16. The molecule has 1 aromatic rings. The van der Waals surface area contributed by atoms with Crippen LogP contribution in [0.4, 0.5) is 5.82 Å². The van der Waals surface area contributed by atoms with Crippen LogP contribution in [0.5, 0.6) is 0 Å². The number of hydrogen-bond acceptors (Lipinski definition) is 5. The van der Waals surface area contributed by atoms with E-state index in [4.69, 9.17) is 0 Å². The highest BCUT2D eigenvalue weighted by Crippen LogP contribution is 2.10. The molecule has 0 saturated heterocycles. The Labute approximate surface area is 99.5 Å². The minimum Gasteiger partial charge on any atom is -0.358 e. The monoisotopic (exact) mass is 261 g/mol. The molecule has 0 amide bonds. The molecule has 1 heterocycles. The van der Waals surface area contributed by atoms with Crippen LogP contribution in [0.15, 0.2) is 6.20 Å². The third-order valence-corrected chi connectivity index (χ3v) is 4.14. The standard InChI is InChI=1S/C9H15N3O4S/c1-3-5-17(15,16)6-4-11-7-9(12(13)14)10-8(11)2/h7H,3-6H2,1-2H3. The minimum absolute atomic E-state index is 0.0187. The molecule has 8 heteroatoms. The number of aryl methyl sites for hydroxylation is 2. The Kier molecular flexibility index (Phi) is 4.22. The Morgan fingerprint density at radius 2 is 2.12 bits per heavy atom. The van der Waals surface area contributed by atoms with Gasteiger partial charge in [-0.1, -0.05) is 6.92 Å². The zero-order valence-corrected chi connectivity index (χ0v) is 10.6. The Morgan fingerprint density at radius 1 is 1.47 bits per heavy atom. The van der Waals surface area contributed by atoms with E-state index in [1.165, 1.54) is 10.8 Å². The summed E-state index contributed by atoms with van der Waals surface area (Å²) in [7, 11) is -3.08. The van der Waals surface area contributed by atoms with Crippen LogP contribution in [0.25, 0.3) is 0 Å². The van der Waals surface area contributed by atoms with E-state index in [2.05, 4.69) is 4.98 Å². The lowest BCUT2D eigenvalue weighted by molar-refractivity contribution is -0.389. The molecule has 96 valence electrons. The van der Waals surface area contributed by atoms with Gasteiger partial charge in [0.2, 0.25) is 5.82 Å². The van der Waals surface area contributed by atoms with E-state index in [0.29, 0.717) is 12.2 Å². The van der Waals surface area contributed by atoms with Gasteiger partial charge in [-0.05, 0) is 16.3 Å². The van der Waals surface area contributed by atoms with Crippen molar-refractivity contribution in [1.29, 1.82) is 0 Å². The molecule has 0 saturated carbocycles. The molecular formula is C9H15N3O4S. The summed E-state index contributed by atoms with van der Waals surface area (Å²) in [5.74, 6) is 0.316. The number of sulfone groups is 1. The number of nitrogens with zero attached hydrogens (tertiary/aromatic N) is 3. The fourth-order valence-corrected chi connectivity index (χ4v) is 2.76. The van der Waals surface area contributed by atoms with Crippen molar-refractivity contribution in [3.05, 3.63) is 22.1 Å². The van der Waals surface area contributed by atoms with Gasteiger partial charge < -0.3 is 14.7 Å². The van der Waals surface area contributed by atoms with Crippen molar-refractivity contribution in [2.75, 3.05) is 11.5 Å². The molecule has 0 atom stereocenters. The van der Waals surface area contributed by atoms with Gasteiger partial charge in [0, 0.05) is 19.2 Å². The summed E-state index contributed by atoms with van der Waals surface area (Å²) in [6, 6.07) is 0. The highest BCUT2D eigenvalue weighted by molar-refractivity contribution is 7.91. The molecule has 17 heavy (non-hydrogen) atoms. The highest BCUT2D eigenvalue weighted by Gasteiger charge is 2.17. The van der Waals surface area contributed by atoms with Crippen molar-refractivity contribution in [3.8, 4) is 0 Å². The molecule has 0 aliphatic carbocycles. The molecular weight excluding hydrogens is 246 g/mol. The Morgan fingerprint density at radius 3 is 2.59 bits per heavy atom. The fraction of sp³-hybridized carbons (Fsp3) is 0.667. The SMILES string of the molecule is CCCS(=O)(=O)CCn1cc([N+](=O)[O-])nc1C. The van der Waals surface area contributed by atoms with Crippen LogP contribution >= 0.6 is 0 Å². The molecule has 0 unspecified atom stereocenters. The quantitative estimate of drug-likeness (QED) is 0.560. The number of nitro groups is 1. The second-order valence-corrected chi connectivity index (χ2v) is 6.05. The van der Waals surface area contributed by atoms with Crippen LogP contribution in [0.2, 0.25) is 0 Å². The number of aromatic nitrogens is 2. The van der Waals surface area contributed by atoms with Crippen molar-refractivity contribution < 1.29 is 13.3 Å². The molecule has 0 aromatic carbocycles. The topological polar surface area (TPSA) is 95.1 Å². The summed E-state index contributed by atoms with van der Waals surface area (Å²) in [6.07, 6.45) is 1.84. The summed E-state index contributed by atoms with van der Waals surface area (Å²) in [6.45, 7) is 3.61. The van der Waals surface area contributed by atoms with Crippen LogP contribution in [-0.4, -0.2) is 34.4 Å². The Balaban J connectivity index is 2.73. The maximum absolute atomic E-state index is 11.5. The van der Waals surface area contributed by atoms with Crippen molar-refractivity contribution in [2.45, 2.75) is 26.8 Å². The first-order chi connectivity index (χ1) is 7.85. The van der Waals surface area contributed by atoms with Crippen LogP contribution < -0.4 is 0 Å². The zero-order chi connectivity index (χ0) is 13.1. The molecule has 0 fully saturated rings. The van der Waals surface area contributed by atoms with Crippen LogP contribution in [0, 0.1) is 17.0 Å². The van der Waals surface area contributed by atoms with Crippen LogP contribution in [0.1, 0.15) is 19.2 Å². The van der Waals surface area contributed by atoms with Gasteiger partial charge in [-0.25, -0.2) is 8.42 Å². The van der Waals surface area contributed by atoms with Crippen molar-refractivity contribution in [2.24, 2.45) is 0 Å². The first-order valence-corrected chi connectivity index (χ1v) is 7.06. The van der Waals surface area contributed by atoms with E-state index in [1.54, 1.807) is 13.8 Å². The third-order valence-electron chi connectivity index (χ3n) is 2.31.